The molecule has 1 unspecified atom stereocenters. The molecular weight excluding hydrogens is 244 g/mol. The predicted octanol–water partition coefficient (Wildman–Crippen LogP) is 1.51. The van der Waals surface area contributed by atoms with Crippen LogP contribution in [0.5, 0.6) is 0 Å². The normalized spacial score (nSPS) is 12.5. The third-order valence-corrected chi connectivity index (χ3v) is 2.92. The van der Waals surface area contributed by atoms with Gasteiger partial charge in [-0.3, -0.25) is 10.00 Å². The summed E-state index contributed by atoms with van der Waals surface area (Å²) in [6.07, 6.45) is 1.37. The van der Waals surface area contributed by atoms with Crippen molar-refractivity contribution in [3.05, 3.63) is 11.8 Å². The number of nitrogens with zero attached hydrogens (tertiary/aromatic N) is 2. The van der Waals surface area contributed by atoms with Gasteiger partial charge in [-0.25, -0.2) is 4.79 Å². The van der Waals surface area contributed by atoms with Gasteiger partial charge in [-0.05, 0) is 12.3 Å². The van der Waals surface area contributed by atoms with Crippen molar-refractivity contribution in [2.45, 2.75) is 39.7 Å². The summed E-state index contributed by atoms with van der Waals surface area (Å²) in [6, 6.07) is 1.54. The Morgan fingerprint density at radius 1 is 1.53 bits per heavy atom. The van der Waals surface area contributed by atoms with Crippen LogP contribution in [0, 0.1) is 5.92 Å². The fourth-order valence-electron chi connectivity index (χ4n) is 1.62. The summed E-state index contributed by atoms with van der Waals surface area (Å²) >= 11 is 0. The molecule has 0 spiro atoms. The largest absolute Gasteiger partial charge is 0.391 e. The third kappa shape index (κ3) is 4.90. The van der Waals surface area contributed by atoms with E-state index in [-0.39, 0.29) is 18.5 Å². The van der Waals surface area contributed by atoms with Gasteiger partial charge in [0.1, 0.15) is 5.82 Å². The molecule has 2 amide bonds. The first kappa shape index (κ1) is 15.5. The van der Waals surface area contributed by atoms with E-state index < -0.39 is 6.10 Å². The SMILES string of the molecule is CCCc1cc(NC(=O)NCC(O)C(C)C)n(C)n1. The van der Waals surface area contributed by atoms with E-state index in [1.54, 1.807) is 11.7 Å². The van der Waals surface area contributed by atoms with Crippen LogP contribution in [0.15, 0.2) is 6.07 Å². The number of anilines is 1. The van der Waals surface area contributed by atoms with Crippen molar-refractivity contribution in [3.63, 3.8) is 0 Å². The van der Waals surface area contributed by atoms with Gasteiger partial charge >= 0.3 is 6.03 Å². The Hall–Kier alpha value is -1.56. The number of aliphatic hydroxyl groups is 1. The van der Waals surface area contributed by atoms with Crippen LogP contribution in [0.1, 0.15) is 32.9 Å². The Bertz CT molecular complexity index is 415. The fourth-order valence-corrected chi connectivity index (χ4v) is 1.62. The van der Waals surface area contributed by atoms with Crippen molar-refractivity contribution in [3.8, 4) is 0 Å². The van der Waals surface area contributed by atoms with Gasteiger partial charge in [0, 0.05) is 19.7 Å². The Morgan fingerprint density at radius 3 is 2.79 bits per heavy atom. The van der Waals surface area contributed by atoms with Gasteiger partial charge in [0.05, 0.1) is 11.8 Å². The average molecular weight is 268 g/mol. The van der Waals surface area contributed by atoms with Crippen molar-refractivity contribution in [2.24, 2.45) is 13.0 Å². The number of rotatable bonds is 6. The van der Waals surface area contributed by atoms with E-state index in [1.165, 1.54) is 0 Å². The second-order valence-electron chi connectivity index (χ2n) is 5.04. The molecule has 0 saturated carbocycles. The van der Waals surface area contributed by atoms with Crippen LogP contribution in [0.3, 0.4) is 0 Å². The Balaban J connectivity index is 2.48. The van der Waals surface area contributed by atoms with Crippen molar-refractivity contribution in [2.75, 3.05) is 11.9 Å². The van der Waals surface area contributed by atoms with E-state index >= 15 is 0 Å². The number of aliphatic hydroxyl groups excluding tert-OH is 1. The van der Waals surface area contributed by atoms with Gasteiger partial charge < -0.3 is 10.4 Å². The average Bonchev–Trinajstić information content (AvgIpc) is 2.67. The highest BCUT2D eigenvalue weighted by atomic mass is 16.3. The molecule has 0 fully saturated rings. The minimum atomic E-state index is -0.534. The highest BCUT2D eigenvalue weighted by Gasteiger charge is 2.12. The maximum atomic E-state index is 11.7. The fraction of sp³-hybridized carbons (Fsp3) is 0.692. The minimum absolute atomic E-state index is 0.119. The van der Waals surface area contributed by atoms with Gasteiger partial charge in [-0.15, -0.1) is 0 Å². The summed E-state index contributed by atoms with van der Waals surface area (Å²) in [7, 11) is 1.79. The molecule has 19 heavy (non-hydrogen) atoms. The molecule has 108 valence electrons. The van der Waals surface area contributed by atoms with Gasteiger partial charge in [-0.1, -0.05) is 27.2 Å². The summed E-state index contributed by atoms with van der Waals surface area (Å²) in [4.78, 5) is 11.7. The number of aromatic nitrogens is 2. The van der Waals surface area contributed by atoms with Gasteiger partial charge in [0.2, 0.25) is 0 Å². The topological polar surface area (TPSA) is 79.2 Å². The van der Waals surface area contributed by atoms with E-state index in [0.717, 1.165) is 18.5 Å². The molecule has 1 heterocycles. The molecule has 6 nitrogen and oxygen atoms in total. The first-order valence-electron chi connectivity index (χ1n) is 6.69. The summed E-state index contributed by atoms with van der Waals surface area (Å²) in [5.74, 6) is 0.771. The zero-order valence-corrected chi connectivity index (χ0v) is 12.1. The maximum absolute atomic E-state index is 11.7. The molecule has 1 aromatic rings. The van der Waals surface area contributed by atoms with E-state index in [0.29, 0.717) is 5.82 Å². The molecule has 0 aliphatic carbocycles. The summed E-state index contributed by atoms with van der Waals surface area (Å²) in [5.41, 5.74) is 0.961. The monoisotopic (exact) mass is 268 g/mol. The Kier molecular flexibility index (Phi) is 5.82. The second kappa shape index (κ2) is 7.13. The minimum Gasteiger partial charge on any atom is -0.391 e. The van der Waals surface area contributed by atoms with E-state index in [2.05, 4.69) is 22.7 Å². The molecule has 0 aliphatic heterocycles. The Labute approximate surface area is 114 Å². The quantitative estimate of drug-likeness (QED) is 0.731. The molecule has 1 aromatic heterocycles. The molecule has 0 aliphatic rings. The molecule has 0 bridgehead atoms. The number of amides is 2. The zero-order chi connectivity index (χ0) is 14.4. The van der Waals surface area contributed by atoms with E-state index in [1.807, 2.05) is 19.9 Å². The highest BCUT2D eigenvalue weighted by Crippen LogP contribution is 2.10. The van der Waals surface area contributed by atoms with Crippen molar-refractivity contribution in [1.82, 2.24) is 15.1 Å². The van der Waals surface area contributed by atoms with Crippen LogP contribution < -0.4 is 10.6 Å². The number of nitrogens with one attached hydrogen (secondary N) is 2. The maximum Gasteiger partial charge on any atom is 0.320 e. The van der Waals surface area contributed by atoms with Crippen LogP contribution in [0.25, 0.3) is 0 Å². The van der Waals surface area contributed by atoms with Crippen LogP contribution in [0.4, 0.5) is 10.6 Å². The number of hydrogen-bond donors (Lipinski definition) is 3. The summed E-state index contributed by atoms with van der Waals surface area (Å²) in [6.45, 7) is 6.13. The molecule has 0 saturated heterocycles. The molecule has 1 atom stereocenters. The number of urea groups is 1. The molecule has 3 N–H and O–H groups in total. The van der Waals surface area contributed by atoms with Crippen LogP contribution in [0.2, 0.25) is 0 Å². The standard InChI is InChI=1S/C13H24N4O2/c1-5-6-10-7-12(17(4)16-10)15-13(19)14-8-11(18)9(2)3/h7,9,11,18H,5-6,8H2,1-4H3,(H2,14,15,19). The van der Waals surface area contributed by atoms with Crippen LogP contribution >= 0.6 is 0 Å². The molecule has 1 rings (SSSR count). The lowest BCUT2D eigenvalue weighted by molar-refractivity contribution is 0.126. The number of carbonyl (C=O) groups is 1. The lowest BCUT2D eigenvalue weighted by atomic mass is 10.1. The molecule has 0 radical (unpaired) electrons. The first-order chi connectivity index (χ1) is 8.93. The number of carbonyl (C=O) groups excluding carboxylic acids is 1. The third-order valence-electron chi connectivity index (χ3n) is 2.92. The van der Waals surface area contributed by atoms with Crippen LogP contribution in [-0.2, 0) is 13.5 Å². The predicted molar refractivity (Wildman–Crippen MR) is 75.1 cm³/mol. The molecule has 0 aromatic carbocycles. The van der Waals surface area contributed by atoms with Crippen molar-refractivity contribution in [1.29, 1.82) is 0 Å². The van der Waals surface area contributed by atoms with E-state index in [9.17, 15) is 9.90 Å². The van der Waals surface area contributed by atoms with Gasteiger partial charge in [-0.2, -0.15) is 5.10 Å². The van der Waals surface area contributed by atoms with Crippen LogP contribution in [-0.4, -0.2) is 33.6 Å². The lowest BCUT2D eigenvalue weighted by Crippen LogP contribution is -2.37. The smallest absolute Gasteiger partial charge is 0.320 e. The van der Waals surface area contributed by atoms with Gasteiger partial charge in [0.25, 0.3) is 0 Å². The first-order valence-corrected chi connectivity index (χ1v) is 6.69. The van der Waals surface area contributed by atoms with E-state index in [4.69, 9.17) is 0 Å². The molecule has 6 heteroatoms. The van der Waals surface area contributed by atoms with Crippen molar-refractivity contribution >= 4 is 11.8 Å². The Morgan fingerprint density at radius 2 is 2.21 bits per heavy atom. The number of hydrogen-bond acceptors (Lipinski definition) is 3. The lowest BCUT2D eigenvalue weighted by Gasteiger charge is -2.15. The van der Waals surface area contributed by atoms with Gasteiger partial charge in [0.15, 0.2) is 0 Å². The van der Waals surface area contributed by atoms with Crippen molar-refractivity contribution < 1.29 is 9.90 Å². The number of aryl methyl sites for hydroxylation is 2. The summed E-state index contributed by atoms with van der Waals surface area (Å²) < 4.78 is 1.64. The highest BCUT2D eigenvalue weighted by molar-refractivity contribution is 5.88. The summed E-state index contributed by atoms with van der Waals surface area (Å²) in [5, 5.41) is 19.3. The molecular formula is C13H24N4O2. The zero-order valence-electron chi connectivity index (χ0n) is 12.1. The second-order valence-corrected chi connectivity index (χ2v) is 5.04.